The van der Waals surface area contributed by atoms with E-state index in [0.717, 1.165) is 24.0 Å². The minimum Gasteiger partial charge on any atom is -0.465 e. The van der Waals surface area contributed by atoms with Gasteiger partial charge in [0.05, 0.1) is 6.61 Å². The molecule has 3 rings (SSSR count). The SMILES string of the molecule is CCCCOC(=O)C1C(=O)CC(c2ccccc2)C1c1ccccc1. The zero-order valence-corrected chi connectivity index (χ0v) is 14.6. The van der Waals surface area contributed by atoms with Crippen LogP contribution in [0.1, 0.15) is 49.1 Å². The van der Waals surface area contributed by atoms with Crippen LogP contribution >= 0.6 is 0 Å². The lowest BCUT2D eigenvalue weighted by atomic mass is 9.80. The third-order valence-electron chi connectivity index (χ3n) is 4.97. The maximum Gasteiger partial charge on any atom is 0.317 e. The Morgan fingerprint density at radius 1 is 1.00 bits per heavy atom. The van der Waals surface area contributed by atoms with Crippen LogP contribution in [-0.2, 0) is 14.3 Å². The molecule has 2 aromatic rings. The molecule has 0 bridgehead atoms. The van der Waals surface area contributed by atoms with Crippen molar-refractivity contribution in [3.8, 4) is 0 Å². The van der Waals surface area contributed by atoms with E-state index in [4.69, 9.17) is 4.74 Å². The predicted molar refractivity (Wildman–Crippen MR) is 97.3 cm³/mol. The first kappa shape index (κ1) is 17.4. The van der Waals surface area contributed by atoms with E-state index >= 15 is 0 Å². The number of esters is 1. The van der Waals surface area contributed by atoms with Gasteiger partial charge in [0.2, 0.25) is 0 Å². The summed E-state index contributed by atoms with van der Waals surface area (Å²) in [4.78, 5) is 25.4. The van der Waals surface area contributed by atoms with Gasteiger partial charge in [0, 0.05) is 12.3 Å². The van der Waals surface area contributed by atoms with Gasteiger partial charge in [-0.15, -0.1) is 0 Å². The van der Waals surface area contributed by atoms with Gasteiger partial charge in [0.25, 0.3) is 0 Å². The smallest absolute Gasteiger partial charge is 0.317 e. The number of ketones is 1. The minimum absolute atomic E-state index is 0.01000. The molecular formula is C22H24O3. The molecule has 3 unspecified atom stereocenters. The van der Waals surface area contributed by atoms with Gasteiger partial charge < -0.3 is 4.74 Å². The number of benzene rings is 2. The summed E-state index contributed by atoms with van der Waals surface area (Å²) in [6.07, 6.45) is 2.17. The second kappa shape index (κ2) is 8.11. The van der Waals surface area contributed by atoms with E-state index in [1.165, 1.54) is 0 Å². The third kappa shape index (κ3) is 3.81. The molecule has 0 spiro atoms. The van der Waals surface area contributed by atoms with Crippen LogP contribution < -0.4 is 0 Å². The van der Waals surface area contributed by atoms with Crippen molar-refractivity contribution in [1.82, 2.24) is 0 Å². The van der Waals surface area contributed by atoms with Gasteiger partial charge in [0.1, 0.15) is 11.7 Å². The average Bonchev–Trinajstić information content (AvgIpc) is 3.00. The van der Waals surface area contributed by atoms with Gasteiger partial charge in [-0.25, -0.2) is 0 Å². The number of ether oxygens (including phenoxy) is 1. The first-order valence-corrected chi connectivity index (χ1v) is 9.01. The number of unbranched alkanes of at least 4 members (excludes halogenated alkanes) is 1. The lowest BCUT2D eigenvalue weighted by Gasteiger charge is -2.24. The van der Waals surface area contributed by atoms with E-state index in [0.29, 0.717) is 13.0 Å². The molecule has 0 aliphatic heterocycles. The highest BCUT2D eigenvalue weighted by Gasteiger charge is 2.48. The Kier molecular flexibility index (Phi) is 5.64. The van der Waals surface area contributed by atoms with Crippen molar-refractivity contribution < 1.29 is 14.3 Å². The summed E-state index contributed by atoms with van der Waals surface area (Å²) >= 11 is 0. The Balaban J connectivity index is 1.93. The summed E-state index contributed by atoms with van der Waals surface area (Å²) in [5.74, 6) is -1.23. The number of Topliss-reactive ketones (excluding diaryl/α,β-unsaturated/α-hetero) is 1. The topological polar surface area (TPSA) is 43.4 Å². The molecule has 25 heavy (non-hydrogen) atoms. The highest BCUT2D eigenvalue weighted by molar-refractivity contribution is 6.02. The molecule has 1 saturated carbocycles. The van der Waals surface area contributed by atoms with Gasteiger partial charge in [-0.3, -0.25) is 9.59 Å². The molecule has 3 atom stereocenters. The van der Waals surface area contributed by atoms with Gasteiger partial charge >= 0.3 is 5.97 Å². The van der Waals surface area contributed by atoms with Crippen LogP contribution in [0.2, 0.25) is 0 Å². The van der Waals surface area contributed by atoms with Crippen molar-refractivity contribution in [2.45, 2.75) is 38.0 Å². The number of hydrogen-bond donors (Lipinski definition) is 0. The maximum absolute atomic E-state index is 12.7. The largest absolute Gasteiger partial charge is 0.465 e. The molecule has 0 aromatic heterocycles. The molecule has 3 nitrogen and oxygen atoms in total. The normalized spacial score (nSPS) is 22.8. The van der Waals surface area contributed by atoms with Gasteiger partial charge in [0.15, 0.2) is 0 Å². The summed E-state index contributed by atoms with van der Waals surface area (Å²) in [6.45, 7) is 2.43. The van der Waals surface area contributed by atoms with Crippen molar-refractivity contribution in [2.75, 3.05) is 6.61 Å². The maximum atomic E-state index is 12.7. The zero-order chi connectivity index (χ0) is 17.6. The van der Waals surface area contributed by atoms with Crippen molar-refractivity contribution in [3.63, 3.8) is 0 Å². The number of hydrogen-bond acceptors (Lipinski definition) is 3. The summed E-state index contributed by atoms with van der Waals surface area (Å²) in [6, 6.07) is 19.9. The summed E-state index contributed by atoms with van der Waals surface area (Å²) in [5.41, 5.74) is 2.13. The Hall–Kier alpha value is -2.42. The van der Waals surface area contributed by atoms with E-state index in [9.17, 15) is 9.59 Å². The van der Waals surface area contributed by atoms with Crippen LogP contribution in [0.4, 0.5) is 0 Å². The first-order valence-electron chi connectivity index (χ1n) is 9.01. The number of carbonyl (C=O) groups excluding carboxylic acids is 2. The molecule has 2 aromatic carbocycles. The monoisotopic (exact) mass is 336 g/mol. The van der Waals surface area contributed by atoms with Crippen LogP contribution in [-0.4, -0.2) is 18.4 Å². The van der Waals surface area contributed by atoms with Gasteiger partial charge in [-0.05, 0) is 23.5 Å². The van der Waals surface area contributed by atoms with Crippen LogP contribution in [0.3, 0.4) is 0 Å². The van der Waals surface area contributed by atoms with E-state index in [1.807, 2.05) is 67.6 Å². The van der Waals surface area contributed by atoms with Crippen LogP contribution in [0.5, 0.6) is 0 Å². The molecule has 1 aliphatic carbocycles. The van der Waals surface area contributed by atoms with E-state index in [1.54, 1.807) is 0 Å². The highest BCUT2D eigenvalue weighted by atomic mass is 16.5. The van der Waals surface area contributed by atoms with Crippen LogP contribution in [0, 0.1) is 5.92 Å². The first-order chi connectivity index (χ1) is 12.2. The van der Waals surface area contributed by atoms with E-state index in [-0.39, 0.29) is 23.6 Å². The fraction of sp³-hybridized carbons (Fsp3) is 0.364. The Bertz CT molecular complexity index is 709. The second-order valence-corrected chi connectivity index (χ2v) is 6.62. The standard InChI is InChI=1S/C22H24O3/c1-2-3-14-25-22(24)21-19(23)15-18(16-10-6-4-7-11-16)20(21)17-12-8-5-9-13-17/h4-13,18,20-21H,2-3,14-15H2,1H3. The van der Waals surface area contributed by atoms with E-state index < -0.39 is 5.92 Å². The molecule has 0 radical (unpaired) electrons. The van der Waals surface area contributed by atoms with Crippen molar-refractivity contribution in [1.29, 1.82) is 0 Å². The minimum atomic E-state index is -0.704. The summed E-state index contributed by atoms with van der Waals surface area (Å²) in [7, 11) is 0. The lowest BCUT2D eigenvalue weighted by molar-refractivity contribution is -0.151. The van der Waals surface area contributed by atoms with E-state index in [2.05, 4.69) is 0 Å². The predicted octanol–water partition coefficient (Wildman–Crippen LogP) is 4.49. The molecule has 3 heteroatoms. The highest BCUT2D eigenvalue weighted by Crippen LogP contribution is 2.48. The summed E-state index contributed by atoms with van der Waals surface area (Å²) < 4.78 is 5.41. The molecule has 130 valence electrons. The van der Waals surface area contributed by atoms with Crippen molar-refractivity contribution >= 4 is 11.8 Å². The molecule has 0 heterocycles. The quantitative estimate of drug-likeness (QED) is 0.443. The van der Waals surface area contributed by atoms with Crippen LogP contribution in [0.25, 0.3) is 0 Å². The number of carbonyl (C=O) groups is 2. The number of rotatable bonds is 6. The van der Waals surface area contributed by atoms with Crippen molar-refractivity contribution in [2.24, 2.45) is 5.92 Å². The molecule has 1 fully saturated rings. The molecule has 0 amide bonds. The van der Waals surface area contributed by atoms with Gasteiger partial charge in [-0.1, -0.05) is 74.0 Å². The van der Waals surface area contributed by atoms with Crippen molar-refractivity contribution in [3.05, 3.63) is 71.8 Å². The molecular weight excluding hydrogens is 312 g/mol. The Labute approximate surface area is 149 Å². The third-order valence-corrected chi connectivity index (χ3v) is 4.97. The molecule has 1 aliphatic rings. The Morgan fingerprint density at radius 2 is 1.60 bits per heavy atom. The molecule has 0 saturated heterocycles. The van der Waals surface area contributed by atoms with Crippen LogP contribution in [0.15, 0.2) is 60.7 Å². The van der Waals surface area contributed by atoms with Gasteiger partial charge in [-0.2, -0.15) is 0 Å². The second-order valence-electron chi connectivity index (χ2n) is 6.62. The lowest BCUT2D eigenvalue weighted by Crippen LogP contribution is -2.27. The zero-order valence-electron chi connectivity index (χ0n) is 14.6. The Morgan fingerprint density at radius 3 is 2.20 bits per heavy atom. The fourth-order valence-corrected chi connectivity index (χ4v) is 3.71. The fourth-order valence-electron chi connectivity index (χ4n) is 3.71. The molecule has 0 N–H and O–H groups in total. The average molecular weight is 336 g/mol. The summed E-state index contributed by atoms with van der Waals surface area (Å²) in [5, 5.41) is 0.